The average molecular weight is 384 g/mol. The molecule has 2 aliphatic heterocycles. The molecule has 1 saturated heterocycles. The molecular weight excluding hydrogens is 360 g/mol. The number of piperidine rings is 1. The molecule has 4 heteroatoms. The Morgan fingerprint density at radius 3 is 2.34 bits per heavy atom. The van der Waals surface area contributed by atoms with Gasteiger partial charge in [-0.2, -0.15) is 0 Å². The monoisotopic (exact) mass is 384 g/mol. The lowest BCUT2D eigenvalue weighted by Crippen LogP contribution is -2.51. The number of rotatable bonds is 4. The molecule has 2 aromatic carbocycles. The highest BCUT2D eigenvalue weighted by atomic mass is 16.1. The highest BCUT2D eigenvalue weighted by molar-refractivity contribution is 5.99. The molecule has 1 aromatic heterocycles. The van der Waals surface area contributed by atoms with Gasteiger partial charge in [0.1, 0.15) is 6.04 Å². The van der Waals surface area contributed by atoms with Crippen LogP contribution in [0.25, 0.3) is 0 Å². The van der Waals surface area contributed by atoms with Crippen molar-refractivity contribution in [3.05, 3.63) is 106 Å². The zero-order valence-electron chi connectivity index (χ0n) is 16.3. The predicted molar refractivity (Wildman–Crippen MR) is 113 cm³/mol. The van der Waals surface area contributed by atoms with Crippen molar-refractivity contribution in [3.8, 4) is 0 Å². The number of pyridine rings is 1. The van der Waals surface area contributed by atoms with Crippen molar-refractivity contribution in [2.75, 3.05) is 13.1 Å². The lowest BCUT2D eigenvalue weighted by atomic mass is 9.76. The summed E-state index contributed by atoms with van der Waals surface area (Å²) in [5.74, 6) is 0.467. The maximum absolute atomic E-state index is 13.5. The SMILES string of the molecule is O=C(c1ccccc1)[C@H]1[C@H]2C[C@H](CN(Cc3ccccc3)C2)c2cccc(=O)n21. The van der Waals surface area contributed by atoms with Gasteiger partial charge in [0.2, 0.25) is 0 Å². The van der Waals surface area contributed by atoms with Crippen molar-refractivity contribution >= 4 is 5.78 Å². The van der Waals surface area contributed by atoms with Gasteiger partial charge in [0.05, 0.1) is 0 Å². The Morgan fingerprint density at radius 2 is 1.59 bits per heavy atom. The van der Waals surface area contributed by atoms with Crippen LogP contribution in [0.15, 0.2) is 83.7 Å². The number of hydrogen-bond acceptors (Lipinski definition) is 3. The van der Waals surface area contributed by atoms with E-state index in [4.69, 9.17) is 0 Å². The topological polar surface area (TPSA) is 42.3 Å². The van der Waals surface area contributed by atoms with Crippen LogP contribution in [0.1, 0.15) is 40.0 Å². The molecule has 3 atom stereocenters. The van der Waals surface area contributed by atoms with Crippen LogP contribution in [0.5, 0.6) is 0 Å². The highest BCUT2D eigenvalue weighted by Gasteiger charge is 2.43. The number of carbonyl (C=O) groups excluding carboxylic acids is 1. The van der Waals surface area contributed by atoms with Crippen LogP contribution in [-0.2, 0) is 6.54 Å². The number of nitrogens with zero attached hydrogens (tertiary/aromatic N) is 2. The van der Waals surface area contributed by atoms with Gasteiger partial charge in [0.15, 0.2) is 5.78 Å². The molecule has 0 spiro atoms. The molecule has 146 valence electrons. The summed E-state index contributed by atoms with van der Waals surface area (Å²) in [7, 11) is 0. The van der Waals surface area contributed by atoms with Crippen LogP contribution in [0.3, 0.4) is 0 Å². The van der Waals surface area contributed by atoms with Gasteiger partial charge in [-0.25, -0.2) is 0 Å². The fraction of sp³-hybridized carbons (Fsp3) is 0.280. The van der Waals surface area contributed by atoms with E-state index in [-0.39, 0.29) is 23.2 Å². The van der Waals surface area contributed by atoms with Gasteiger partial charge in [-0.05, 0) is 18.1 Å². The van der Waals surface area contributed by atoms with Gasteiger partial charge in [-0.1, -0.05) is 66.7 Å². The minimum Gasteiger partial charge on any atom is -0.301 e. The summed E-state index contributed by atoms with van der Waals surface area (Å²) in [5.41, 5.74) is 2.89. The summed E-state index contributed by atoms with van der Waals surface area (Å²) >= 11 is 0. The molecule has 0 aliphatic carbocycles. The van der Waals surface area contributed by atoms with Crippen LogP contribution in [0.2, 0.25) is 0 Å². The normalized spacial score (nSPS) is 23.4. The second kappa shape index (κ2) is 7.45. The molecular formula is C25H24N2O2. The van der Waals surface area contributed by atoms with Gasteiger partial charge in [0, 0.05) is 48.8 Å². The molecule has 2 bridgehead atoms. The van der Waals surface area contributed by atoms with Crippen LogP contribution in [0.4, 0.5) is 0 Å². The van der Waals surface area contributed by atoms with Crippen molar-refractivity contribution in [2.45, 2.75) is 24.9 Å². The first-order valence-electron chi connectivity index (χ1n) is 10.3. The highest BCUT2D eigenvalue weighted by Crippen LogP contribution is 2.42. The first-order chi connectivity index (χ1) is 14.2. The Bertz CT molecular complexity index is 1070. The average Bonchev–Trinajstić information content (AvgIpc) is 2.75. The number of fused-ring (bicyclic) bond motifs is 4. The van der Waals surface area contributed by atoms with Crippen LogP contribution in [0, 0.1) is 5.92 Å². The van der Waals surface area contributed by atoms with E-state index in [1.54, 1.807) is 10.6 Å². The summed E-state index contributed by atoms with van der Waals surface area (Å²) in [6.07, 6.45) is 0.956. The number of hydrogen-bond donors (Lipinski definition) is 0. The Labute approximate surface area is 170 Å². The summed E-state index contributed by atoms with van der Waals surface area (Å²) in [6, 6.07) is 24.9. The van der Waals surface area contributed by atoms with Gasteiger partial charge in [0.25, 0.3) is 5.56 Å². The number of aromatic nitrogens is 1. The number of benzene rings is 2. The Kier molecular flexibility index (Phi) is 4.64. The van der Waals surface area contributed by atoms with Crippen molar-refractivity contribution in [1.29, 1.82) is 0 Å². The second-order valence-electron chi connectivity index (χ2n) is 8.21. The first-order valence-corrected chi connectivity index (χ1v) is 10.3. The van der Waals surface area contributed by atoms with Gasteiger partial charge < -0.3 is 4.57 Å². The van der Waals surface area contributed by atoms with E-state index in [1.807, 2.05) is 48.5 Å². The minimum atomic E-state index is -0.434. The third kappa shape index (κ3) is 3.34. The Balaban J connectivity index is 1.53. The third-order valence-corrected chi connectivity index (χ3v) is 6.30. The summed E-state index contributed by atoms with van der Waals surface area (Å²) in [4.78, 5) is 28.8. The summed E-state index contributed by atoms with van der Waals surface area (Å²) < 4.78 is 1.79. The Morgan fingerprint density at radius 1 is 0.862 bits per heavy atom. The van der Waals surface area contributed by atoms with E-state index in [0.717, 1.165) is 31.7 Å². The maximum Gasteiger partial charge on any atom is 0.251 e. The number of Topliss-reactive ketones (excluding diaryl/α,β-unsaturated/α-hetero) is 1. The maximum atomic E-state index is 13.5. The summed E-state index contributed by atoms with van der Waals surface area (Å²) in [6.45, 7) is 2.62. The third-order valence-electron chi connectivity index (χ3n) is 6.30. The van der Waals surface area contributed by atoms with E-state index in [0.29, 0.717) is 5.56 Å². The predicted octanol–water partition coefficient (Wildman–Crippen LogP) is 3.89. The largest absolute Gasteiger partial charge is 0.301 e. The fourth-order valence-corrected chi connectivity index (χ4v) is 5.11. The quantitative estimate of drug-likeness (QED) is 0.641. The van der Waals surface area contributed by atoms with Crippen molar-refractivity contribution < 1.29 is 4.79 Å². The van der Waals surface area contributed by atoms with Crippen LogP contribution in [-0.4, -0.2) is 28.3 Å². The molecule has 4 nitrogen and oxygen atoms in total. The zero-order chi connectivity index (χ0) is 19.8. The van der Waals surface area contributed by atoms with E-state index < -0.39 is 6.04 Å². The minimum absolute atomic E-state index is 0.0464. The van der Waals surface area contributed by atoms with Gasteiger partial charge >= 0.3 is 0 Å². The van der Waals surface area contributed by atoms with E-state index in [1.165, 1.54) is 5.56 Å². The molecule has 0 amide bonds. The van der Waals surface area contributed by atoms with Crippen molar-refractivity contribution in [3.63, 3.8) is 0 Å². The molecule has 0 unspecified atom stereocenters. The zero-order valence-corrected chi connectivity index (χ0v) is 16.3. The van der Waals surface area contributed by atoms with E-state index >= 15 is 0 Å². The molecule has 1 fully saturated rings. The van der Waals surface area contributed by atoms with E-state index in [9.17, 15) is 9.59 Å². The molecule has 3 aromatic rings. The second-order valence-corrected chi connectivity index (χ2v) is 8.21. The standard InChI is InChI=1S/C25H24N2O2/c28-23-13-7-12-22-20-14-21(17-26(16-20)15-18-8-3-1-4-9-18)24(27(22)23)25(29)19-10-5-2-6-11-19/h1-13,20-21,24H,14-17H2/t20-,21+,24-/m1/s1. The molecule has 3 heterocycles. The smallest absolute Gasteiger partial charge is 0.251 e. The molecule has 2 aliphatic rings. The summed E-state index contributed by atoms with van der Waals surface area (Å²) in [5, 5.41) is 0. The fourth-order valence-electron chi connectivity index (χ4n) is 5.11. The Hall–Kier alpha value is -2.98. The lowest BCUT2D eigenvalue weighted by molar-refractivity contribution is 0.0630. The number of carbonyl (C=O) groups is 1. The molecule has 0 saturated carbocycles. The van der Waals surface area contributed by atoms with Crippen LogP contribution >= 0.6 is 0 Å². The van der Waals surface area contributed by atoms with Crippen molar-refractivity contribution in [2.24, 2.45) is 5.92 Å². The van der Waals surface area contributed by atoms with Gasteiger partial charge in [-0.15, -0.1) is 0 Å². The molecule has 29 heavy (non-hydrogen) atoms. The number of ketones is 1. The van der Waals surface area contributed by atoms with Crippen molar-refractivity contribution in [1.82, 2.24) is 9.47 Å². The lowest BCUT2D eigenvalue weighted by Gasteiger charge is -2.46. The molecule has 0 N–H and O–H groups in total. The number of likely N-dealkylation sites (tertiary alicyclic amines) is 1. The molecule has 5 rings (SSSR count). The molecule has 0 radical (unpaired) electrons. The first kappa shape index (κ1) is 18.1. The van der Waals surface area contributed by atoms with Crippen LogP contribution < -0.4 is 5.56 Å². The van der Waals surface area contributed by atoms with E-state index in [2.05, 4.69) is 29.2 Å². The van der Waals surface area contributed by atoms with Gasteiger partial charge in [-0.3, -0.25) is 14.5 Å².